The number of para-hydroxylation sites is 3. The molecule has 4 rings (SSSR count). The summed E-state index contributed by atoms with van der Waals surface area (Å²) in [4.78, 5) is 17.3. The van der Waals surface area contributed by atoms with Crippen LogP contribution < -0.4 is 10.0 Å². The number of nitrogens with one attached hydrogen (secondary N) is 2. The Morgan fingerprint density at radius 1 is 1.06 bits per heavy atom. The van der Waals surface area contributed by atoms with E-state index in [1.807, 2.05) is 35.9 Å². The largest absolute Gasteiger partial charge is 0.345 e. The number of sulfonamides is 1. The maximum absolute atomic E-state index is 13.5. The van der Waals surface area contributed by atoms with Crippen LogP contribution in [0.25, 0.3) is 11.0 Å². The number of aromatic nitrogens is 2. The summed E-state index contributed by atoms with van der Waals surface area (Å²) in [5.74, 6) is -0.282. The monoisotopic (exact) mass is 452 g/mol. The molecule has 0 aliphatic carbocycles. The first kappa shape index (κ1) is 21.5. The second-order valence-electron chi connectivity index (χ2n) is 7.32. The maximum Gasteiger partial charge on any atom is 0.261 e. The van der Waals surface area contributed by atoms with Crippen molar-refractivity contribution >= 4 is 32.7 Å². The second-order valence-corrected chi connectivity index (χ2v) is 9.00. The smallest absolute Gasteiger partial charge is 0.261 e. The van der Waals surface area contributed by atoms with Crippen LogP contribution in [0.4, 0.5) is 10.1 Å². The molecule has 164 valence electrons. The molecule has 0 atom stereocenters. The Balaban J connectivity index is 1.55. The average Bonchev–Trinajstić information content (AvgIpc) is 3.10. The summed E-state index contributed by atoms with van der Waals surface area (Å²) in [6.45, 7) is 1.65. The number of carbonyl (C=O) groups is 1. The van der Waals surface area contributed by atoms with Crippen LogP contribution in [0.3, 0.4) is 0 Å². The number of amides is 1. The van der Waals surface area contributed by atoms with E-state index in [1.54, 1.807) is 12.1 Å². The Morgan fingerprint density at radius 3 is 2.53 bits per heavy atom. The first-order valence-corrected chi connectivity index (χ1v) is 11.3. The molecule has 7 nitrogen and oxygen atoms in total. The molecular formula is C23H21FN4O3S. The van der Waals surface area contributed by atoms with Crippen LogP contribution in [0.15, 0.2) is 71.6 Å². The van der Waals surface area contributed by atoms with Gasteiger partial charge in [0.1, 0.15) is 11.6 Å². The normalized spacial score (nSPS) is 11.5. The molecule has 0 aliphatic rings. The predicted octanol–water partition coefficient (Wildman–Crippen LogP) is 3.75. The summed E-state index contributed by atoms with van der Waals surface area (Å²) in [5, 5.41) is 2.79. The Hall–Kier alpha value is -3.72. The van der Waals surface area contributed by atoms with Gasteiger partial charge in [-0.25, -0.2) is 17.8 Å². The van der Waals surface area contributed by atoms with Crippen LogP contribution in [-0.2, 0) is 23.6 Å². The number of halogens is 1. The Kier molecular flexibility index (Phi) is 5.67. The molecular weight excluding hydrogens is 431 g/mol. The lowest BCUT2D eigenvalue weighted by atomic mass is 10.1. The molecule has 4 aromatic rings. The van der Waals surface area contributed by atoms with Crippen molar-refractivity contribution in [2.75, 3.05) is 4.72 Å². The Bertz CT molecular complexity index is 1430. The van der Waals surface area contributed by atoms with Crippen molar-refractivity contribution in [3.05, 3.63) is 89.5 Å². The number of aryl methyl sites for hydroxylation is 2. The fourth-order valence-corrected chi connectivity index (χ4v) is 4.53. The highest BCUT2D eigenvalue weighted by Crippen LogP contribution is 2.22. The van der Waals surface area contributed by atoms with Gasteiger partial charge in [0.15, 0.2) is 0 Å². The van der Waals surface area contributed by atoms with Crippen LogP contribution in [0, 0.1) is 12.7 Å². The predicted molar refractivity (Wildman–Crippen MR) is 120 cm³/mol. The first-order chi connectivity index (χ1) is 15.3. The van der Waals surface area contributed by atoms with Gasteiger partial charge in [-0.1, -0.05) is 24.3 Å². The van der Waals surface area contributed by atoms with Crippen molar-refractivity contribution < 1.29 is 17.6 Å². The third-order valence-electron chi connectivity index (χ3n) is 5.14. The van der Waals surface area contributed by atoms with Crippen LogP contribution in [-0.4, -0.2) is 23.9 Å². The zero-order valence-corrected chi connectivity index (χ0v) is 18.3. The maximum atomic E-state index is 13.5. The summed E-state index contributed by atoms with van der Waals surface area (Å²) >= 11 is 0. The van der Waals surface area contributed by atoms with E-state index in [1.165, 1.54) is 31.2 Å². The molecule has 1 aromatic heterocycles. The highest BCUT2D eigenvalue weighted by molar-refractivity contribution is 7.92. The van der Waals surface area contributed by atoms with Gasteiger partial charge < -0.3 is 9.88 Å². The van der Waals surface area contributed by atoms with Crippen molar-refractivity contribution in [3.8, 4) is 0 Å². The number of carbonyl (C=O) groups excluding carboxylic acids is 1. The molecule has 1 amide bonds. The highest BCUT2D eigenvalue weighted by Gasteiger charge is 2.20. The summed E-state index contributed by atoms with van der Waals surface area (Å²) in [6.07, 6.45) is 0. The fourth-order valence-electron chi connectivity index (χ4n) is 3.37. The number of hydrogen-bond acceptors (Lipinski definition) is 4. The van der Waals surface area contributed by atoms with E-state index in [2.05, 4.69) is 15.0 Å². The molecule has 0 aliphatic heterocycles. The van der Waals surface area contributed by atoms with Crippen molar-refractivity contribution in [2.24, 2.45) is 7.05 Å². The number of benzene rings is 3. The minimum Gasteiger partial charge on any atom is -0.345 e. The van der Waals surface area contributed by atoms with E-state index in [0.29, 0.717) is 5.82 Å². The number of rotatable bonds is 6. The first-order valence-electron chi connectivity index (χ1n) is 9.83. The van der Waals surface area contributed by atoms with E-state index in [4.69, 9.17) is 0 Å². The number of nitrogens with zero attached hydrogens (tertiary/aromatic N) is 2. The zero-order chi connectivity index (χ0) is 22.9. The van der Waals surface area contributed by atoms with E-state index < -0.39 is 21.7 Å². The molecule has 0 spiro atoms. The van der Waals surface area contributed by atoms with Gasteiger partial charge in [0, 0.05) is 7.05 Å². The van der Waals surface area contributed by atoms with Crippen molar-refractivity contribution in [1.29, 1.82) is 0 Å². The van der Waals surface area contributed by atoms with Crippen molar-refractivity contribution in [1.82, 2.24) is 14.9 Å². The van der Waals surface area contributed by atoms with Gasteiger partial charge in [-0.15, -0.1) is 0 Å². The molecule has 0 unspecified atom stereocenters. The van der Waals surface area contributed by atoms with Gasteiger partial charge in [0.25, 0.3) is 15.9 Å². The Labute approximate surface area is 185 Å². The van der Waals surface area contributed by atoms with E-state index in [0.717, 1.165) is 17.1 Å². The fraction of sp³-hybridized carbons (Fsp3) is 0.130. The van der Waals surface area contributed by atoms with Gasteiger partial charge >= 0.3 is 0 Å². The van der Waals surface area contributed by atoms with Crippen LogP contribution in [0.1, 0.15) is 21.7 Å². The molecule has 0 bridgehead atoms. The summed E-state index contributed by atoms with van der Waals surface area (Å²) < 4.78 is 43.4. The van der Waals surface area contributed by atoms with E-state index >= 15 is 0 Å². The highest BCUT2D eigenvalue weighted by atomic mass is 32.2. The zero-order valence-electron chi connectivity index (χ0n) is 17.5. The lowest BCUT2D eigenvalue weighted by Gasteiger charge is -2.13. The van der Waals surface area contributed by atoms with Crippen molar-refractivity contribution in [3.63, 3.8) is 0 Å². The van der Waals surface area contributed by atoms with Gasteiger partial charge in [0.2, 0.25) is 0 Å². The van der Waals surface area contributed by atoms with E-state index in [9.17, 15) is 17.6 Å². The molecule has 9 heteroatoms. The molecule has 32 heavy (non-hydrogen) atoms. The molecule has 1 heterocycles. The summed E-state index contributed by atoms with van der Waals surface area (Å²) in [5.41, 5.74) is 2.26. The topological polar surface area (TPSA) is 93.1 Å². The lowest BCUT2D eigenvalue weighted by molar-refractivity contribution is 0.0950. The van der Waals surface area contributed by atoms with Gasteiger partial charge in [-0.3, -0.25) is 9.52 Å². The minimum atomic E-state index is -4.01. The number of fused-ring (bicyclic) bond motifs is 1. The van der Waals surface area contributed by atoms with Gasteiger partial charge in [0.05, 0.1) is 33.7 Å². The minimum absolute atomic E-state index is 0.0914. The van der Waals surface area contributed by atoms with E-state index in [-0.39, 0.29) is 28.3 Å². The quantitative estimate of drug-likeness (QED) is 0.466. The molecule has 2 N–H and O–H groups in total. The van der Waals surface area contributed by atoms with Crippen molar-refractivity contribution in [2.45, 2.75) is 18.4 Å². The molecule has 0 fully saturated rings. The average molecular weight is 453 g/mol. The summed E-state index contributed by atoms with van der Waals surface area (Å²) in [7, 11) is -2.15. The SMILES string of the molecule is Cc1cc(S(=O)(=O)Nc2ccccc2C(=O)NCc2nc3ccccc3n2C)ccc1F. The number of hydrogen-bond donors (Lipinski definition) is 2. The lowest BCUT2D eigenvalue weighted by Crippen LogP contribution is -2.26. The number of anilines is 1. The Morgan fingerprint density at radius 2 is 1.78 bits per heavy atom. The van der Waals surface area contributed by atoms with Crippen LogP contribution >= 0.6 is 0 Å². The van der Waals surface area contributed by atoms with Crippen LogP contribution in [0.5, 0.6) is 0 Å². The van der Waals surface area contributed by atoms with Gasteiger partial charge in [-0.05, 0) is 55.0 Å². The second kappa shape index (κ2) is 8.43. The molecule has 0 saturated heterocycles. The summed E-state index contributed by atoms with van der Waals surface area (Å²) in [6, 6.07) is 17.4. The molecule has 0 radical (unpaired) electrons. The molecule has 0 saturated carbocycles. The number of imidazole rings is 1. The third-order valence-corrected chi connectivity index (χ3v) is 6.51. The standard InChI is InChI=1S/C23H21FN4O3S/c1-15-13-16(11-12-18(15)24)32(30,31)27-19-8-4-3-7-17(19)23(29)25-14-22-26-20-9-5-6-10-21(20)28(22)2/h3-13,27H,14H2,1-2H3,(H,25,29). The third kappa shape index (κ3) is 4.19. The van der Waals surface area contributed by atoms with Crippen LogP contribution in [0.2, 0.25) is 0 Å². The van der Waals surface area contributed by atoms with Gasteiger partial charge in [-0.2, -0.15) is 0 Å². The molecule has 3 aromatic carbocycles.